The Hall–Kier alpha value is -1.60. The van der Waals surface area contributed by atoms with Crippen molar-refractivity contribution in [2.45, 2.75) is 0 Å². The van der Waals surface area contributed by atoms with E-state index in [0.717, 1.165) is 17.0 Å². The van der Waals surface area contributed by atoms with Crippen LogP contribution < -0.4 is 0 Å². The lowest BCUT2D eigenvalue weighted by atomic mass is 10.2. The summed E-state index contributed by atoms with van der Waals surface area (Å²) in [5.74, 6) is -0.184. The molecule has 0 atom stereocenters. The molecule has 0 unspecified atom stereocenters. The van der Waals surface area contributed by atoms with Crippen LogP contribution in [-0.2, 0) is 0 Å². The number of amides is 1. The lowest BCUT2D eigenvalue weighted by Gasteiger charge is -2.14. The number of hydrogen-bond acceptors (Lipinski definition) is 1. The third kappa shape index (κ3) is 2.50. The van der Waals surface area contributed by atoms with Crippen molar-refractivity contribution in [1.82, 2.24) is 4.90 Å². The van der Waals surface area contributed by atoms with Crippen LogP contribution in [0.3, 0.4) is 0 Å². The highest BCUT2D eigenvalue weighted by molar-refractivity contribution is 6.30. The van der Waals surface area contributed by atoms with E-state index in [1.165, 1.54) is 7.05 Å². The number of carbonyl (C=O) groups excluding carboxylic acids is 1. The van der Waals surface area contributed by atoms with Crippen LogP contribution in [0.25, 0.3) is 0 Å². The maximum Gasteiger partial charge on any atom is 0.257 e. The molecule has 0 heterocycles. The number of rotatable bonds is 2. The molecule has 0 N–H and O–H groups in total. The highest BCUT2D eigenvalue weighted by atomic mass is 35.5. The number of hydrogen-bond donors (Lipinski definition) is 0. The molecular formula is C11H8ClF2NO. The monoisotopic (exact) mass is 243 g/mol. The Kier molecular flexibility index (Phi) is 3.86. The van der Waals surface area contributed by atoms with E-state index < -0.39 is 17.5 Å². The predicted molar refractivity (Wildman–Crippen MR) is 57.2 cm³/mol. The molecule has 0 bridgehead atoms. The van der Waals surface area contributed by atoms with E-state index in [2.05, 4.69) is 5.92 Å². The summed E-state index contributed by atoms with van der Waals surface area (Å²) in [6, 6.07) is 1.51. The first-order chi connectivity index (χ1) is 7.47. The molecule has 0 aromatic heterocycles. The fraction of sp³-hybridized carbons (Fsp3) is 0.182. The second-order valence-electron chi connectivity index (χ2n) is 3.11. The SMILES string of the molecule is C#CCN(C)C(=O)c1cc(F)c(Cl)cc1F. The van der Waals surface area contributed by atoms with Gasteiger partial charge in [0, 0.05) is 7.05 Å². The van der Waals surface area contributed by atoms with Gasteiger partial charge in [-0.15, -0.1) is 6.42 Å². The first kappa shape index (κ1) is 12.5. The quantitative estimate of drug-likeness (QED) is 0.577. The average Bonchev–Trinajstić information content (AvgIpc) is 2.23. The van der Waals surface area contributed by atoms with Gasteiger partial charge in [-0.05, 0) is 12.1 Å². The normalized spacial score (nSPS) is 9.69. The Morgan fingerprint density at radius 2 is 2.12 bits per heavy atom. The topological polar surface area (TPSA) is 20.3 Å². The fourth-order valence-corrected chi connectivity index (χ4v) is 1.25. The van der Waals surface area contributed by atoms with Gasteiger partial charge in [0.2, 0.25) is 0 Å². The van der Waals surface area contributed by atoms with E-state index in [-0.39, 0.29) is 17.1 Å². The molecule has 0 fully saturated rings. The Labute approximate surface area is 96.8 Å². The molecule has 2 nitrogen and oxygen atoms in total. The molecular weight excluding hydrogens is 236 g/mol. The summed E-state index contributed by atoms with van der Waals surface area (Å²) in [6.45, 7) is 0.0164. The van der Waals surface area contributed by atoms with Crippen LogP contribution >= 0.6 is 11.6 Å². The van der Waals surface area contributed by atoms with Crippen LogP contribution in [0.1, 0.15) is 10.4 Å². The molecule has 16 heavy (non-hydrogen) atoms. The zero-order valence-corrected chi connectivity index (χ0v) is 9.18. The molecule has 0 saturated heterocycles. The predicted octanol–water partition coefficient (Wildman–Crippen LogP) is 2.32. The third-order valence-corrected chi connectivity index (χ3v) is 2.21. The van der Waals surface area contributed by atoms with Crippen molar-refractivity contribution in [2.75, 3.05) is 13.6 Å². The summed E-state index contributed by atoms with van der Waals surface area (Å²) in [5.41, 5.74) is -0.389. The second-order valence-corrected chi connectivity index (χ2v) is 3.52. The molecule has 0 spiro atoms. The van der Waals surface area contributed by atoms with E-state index in [0.29, 0.717) is 0 Å². The maximum atomic E-state index is 13.3. The van der Waals surface area contributed by atoms with Crippen LogP contribution in [0, 0.1) is 24.0 Å². The van der Waals surface area contributed by atoms with Gasteiger partial charge in [-0.1, -0.05) is 17.5 Å². The van der Waals surface area contributed by atoms with E-state index >= 15 is 0 Å². The lowest BCUT2D eigenvalue weighted by Crippen LogP contribution is -2.27. The standard InChI is InChI=1S/C11H8ClF2NO/c1-3-4-15(2)11(16)7-5-10(14)8(12)6-9(7)13/h1,5-6H,4H2,2H3. The molecule has 0 aliphatic carbocycles. The summed E-state index contributed by atoms with van der Waals surface area (Å²) < 4.78 is 26.4. The minimum atomic E-state index is -0.875. The molecule has 1 amide bonds. The summed E-state index contributed by atoms with van der Waals surface area (Å²) in [6.07, 6.45) is 5.00. The van der Waals surface area contributed by atoms with Gasteiger partial charge in [0.15, 0.2) is 0 Å². The van der Waals surface area contributed by atoms with E-state index in [4.69, 9.17) is 18.0 Å². The molecule has 1 aromatic rings. The number of carbonyl (C=O) groups is 1. The van der Waals surface area contributed by atoms with Crippen LogP contribution in [0.5, 0.6) is 0 Å². The van der Waals surface area contributed by atoms with Gasteiger partial charge in [-0.2, -0.15) is 0 Å². The number of nitrogens with zero attached hydrogens (tertiary/aromatic N) is 1. The highest BCUT2D eigenvalue weighted by Gasteiger charge is 2.18. The fourth-order valence-electron chi connectivity index (χ4n) is 1.10. The van der Waals surface area contributed by atoms with Gasteiger partial charge in [0.1, 0.15) is 11.6 Å². The second kappa shape index (κ2) is 4.95. The summed E-state index contributed by atoms with van der Waals surface area (Å²) >= 11 is 5.36. The minimum absolute atomic E-state index is 0.0164. The Bertz CT molecular complexity index is 468. The van der Waals surface area contributed by atoms with Crippen molar-refractivity contribution in [3.05, 3.63) is 34.4 Å². The first-order valence-electron chi connectivity index (χ1n) is 4.31. The molecule has 1 rings (SSSR count). The highest BCUT2D eigenvalue weighted by Crippen LogP contribution is 2.20. The van der Waals surface area contributed by atoms with Crippen molar-refractivity contribution in [1.29, 1.82) is 0 Å². The van der Waals surface area contributed by atoms with Gasteiger partial charge in [-0.25, -0.2) is 8.78 Å². The average molecular weight is 244 g/mol. The number of benzene rings is 1. The molecule has 0 radical (unpaired) electrons. The Morgan fingerprint density at radius 1 is 1.50 bits per heavy atom. The third-order valence-electron chi connectivity index (χ3n) is 1.92. The summed E-state index contributed by atoms with van der Waals surface area (Å²) in [4.78, 5) is 12.7. The van der Waals surface area contributed by atoms with Crippen molar-refractivity contribution in [2.24, 2.45) is 0 Å². The van der Waals surface area contributed by atoms with E-state index in [1.807, 2.05) is 0 Å². The number of halogens is 3. The molecule has 0 saturated carbocycles. The van der Waals surface area contributed by atoms with Crippen LogP contribution in [-0.4, -0.2) is 24.4 Å². The van der Waals surface area contributed by atoms with Gasteiger partial charge in [0.25, 0.3) is 5.91 Å². The summed E-state index contributed by atoms with van der Waals surface area (Å²) in [7, 11) is 1.40. The van der Waals surface area contributed by atoms with E-state index in [9.17, 15) is 13.6 Å². The molecule has 0 aliphatic heterocycles. The molecule has 5 heteroatoms. The lowest BCUT2D eigenvalue weighted by molar-refractivity contribution is 0.0807. The van der Waals surface area contributed by atoms with Crippen LogP contribution in [0.15, 0.2) is 12.1 Å². The zero-order valence-electron chi connectivity index (χ0n) is 8.43. The van der Waals surface area contributed by atoms with Gasteiger partial charge >= 0.3 is 0 Å². The van der Waals surface area contributed by atoms with E-state index in [1.54, 1.807) is 0 Å². The largest absolute Gasteiger partial charge is 0.330 e. The maximum absolute atomic E-state index is 13.3. The van der Waals surface area contributed by atoms with Gasteiger partial charge < -0.3 is 4.90 Å². The van der Waals surface area contributed by atoms with Crippen molar-refractivity contribution >= 4 is 17.5 Å². The molecule has 0 aliphatic rings. The van der Waals surface area contributed by atoms with Gasteiger partial charge in [-0.3, -0.25) is 4.79 Å². The van der Waals surface area contributed by atoms with Crippen molar-refractivity contribution in [3.63, 3.8) is 0 Å². The first-order valence-corrected chi connectivity index (χ1v) is 4.68. The smallest absolute Gasteiger partial charge is 0.257 e. The van der Waals surface area contributed by atoms with Crippen LogP contribution in [0.4, 0.5) is 8.78 Å². The summed E-state index contributed by atoms with van der Waals surface area (Å²) in [5, 5.41) is -0.367. The zero-order chi connectivity index (χ0) is 12.3. The number of terminal acetylenes is 1. The Balaban J connectivity index is 3.10. The van der Waals surface area contributed by atoms with Crippen LogP contribution in [0.2, 0.25) is 5.02 Å². The minimum Gasteiger partial charge on any atom is -0.330 e. The Morgan fingerprint density at radius 3 is 2.69 bits per heavy atom. The van der Waals surface area contributed by atoms with Gasteiger partial charge in [0.05, 0.1) is 17.1 Å². The molecule has 84 valence electrons. The van der Waals surface area contributed by atoms with Crippen molar-refractivity contribution in [3.8, 4) is 12.3 Å². The van der Waals surface area contributed by atoms with Crippen molar-refractivity contribution < 1.29 is 13.6 Å². The molecule has 1 aromatic carbocycles.